The van der Waals surface area contributed by atoms with Crippen molar-refractivity contribution in [3.05, 3.63) is 71.1 Å². The van der Waals surface area contributed by atoms with Crippen molar-refractivity contribution in [3.63, 3.8) is 0 Å². The zero-order valence-corrected chi connectivity index (χ0v) is 20.6. The Morgan fingerprint density at radius 2 is 1.20 bits per heavy atom. The van der Waals surface area contributed by atoms with Gasteiger partial charge < -0.3 is 0 Å². The zero-order chi connectivity index (χ0) is 21.9. The molecule has 0 spiro atoms. The van der Waals surface area contributed by atoms with Crippen molar-refractivity contribution >= 4 is 31.1 Å². The van der Waals surface area contributed by atoms with Gasteiger partial charge in [-0.15, -0.1) is 0 Å². The third-order valence-corrected chi connectivity index (χ3v) is 16.1. The molecule has 0 unspecified atom stereocenters. The van der Waals surface area contributed by atoms with Crippen molar-refractivity contribution in [2.45, 2.75) is 70.9 Å². The van der Waals surface area contributed by atoms with E-state index in [1.54, 1.807) is 48.5 Å². The molecule has 5 heteroatoms. The Bertz CT molecular complexity index is 717. The summed E-state index contributed by atoms with van der Waals surface area (Å²) in [7, 11) is 7.05. The molecule has 0 aromatic heterocycles. The summed E-state index contributed by atoms with van der Waals surface area (Å²) in [6.07, 6.45) is 6.33. The number of hydrogen-bond donors (Lipinski definition) is 0. The Morgan fingerprint density at radius 3 is 1.63 bits per heavy atom. The van der Waals surface area contributed by atoms with Gasteiger partial charge in [-0.2, -0.15) is 0 Å². The molecule has 0 saturated heterocycles. The van der Waals surface area contributed by atoms with Gasteiger partial charge in [0.05, 0.1) is 0 Å². The molecule has 0 amide bonds. The molecule has 0 aliphatic rings. The maximum atomic E-state index is 14.2. The van der Waals surface area contributed by atoms with Crippen LogP contribution in [0.1, 0.15) is 64.7 Å². The van der Waals surface area contributed by atoms with E-state index in [0.717, 1.165) is 19.3 Å². The van der Waals surface area contributed by atoms with Gasteiger partial charge in [0.1, 0.15) is 0 Å². The van der Waals surface area contributed by atoms with Gasteiger partial charge in [0, 0.05) is 0 Å². The van der Waals surface area contributed by atoms with Gasteiger partial charge in [0.2, 0.25) is 0 Å². The number of alkyl halides is 3. The van der Waals surface area contributed by atoms with E-state index in [2.05, 4.69) is 6.92 Å². The summed E-state index contributed by atoms with van der Waals surface area (Å²) in [5.74, 6) is 0. The van der Waals surface area contributed by atoms with Crippen LogP contribution in [-0.2, 0) is 0 Å². The normalized spacial score (nSPS) is 12.9. The maximum absolute atomic E-state index is 14.2. The molecule has 0 nitrogen and oxygen atoms in total. The van der Waals surface area contributed by atoms with Gasteiger partial charge in [-0.1, -0.05) is 0 Å². The first-order chi connectivity index (χ1) is 14.4. The first-order valence-corrected chi connectivity index (χ1v) is 16.9. The second kappa shape index (κ2) is 12.6. The van der Waals surface area contributed by atoms with E-state index in [4.69, 9.17) is 10.0 Å². The number of allylic oxidation sites excluding steroid dienone is 2. The van der Waals surface area contributed by atoms with Crippen LogP contribution in [0.25, 0.3) is 0 Å². The Balaban J connectivity index is 2.19. The second-order valence-electron chi connectivity index (χ2n) is 7.77. The van der Waals surface area contributed by atoms with Crippen molar-refractivity contribution in [1.29, 1.82) is 0 Å². The van der Waals surface area contributed by atoms with Gasteiger partial charge >= 0.3 is 186 Å². The van der Waals surface area contributed by atoms with Gasteiger partial charge in [0.25, 0.3) is 0 Å². The third-order valence-electron chi connectivity index (χ3n) is 5.43. The number of halogens is 4. The van der Waals surface area contributed by atoms with Crippen LogP contribution in [0, 0.1) is 0 Å². The van der Waals surface area contributed by atoms with E-state index in [1.807, 2.05) is 12.1 Å². The van der Waals surface area contributed by atoms with Crippen LogP contribution in [0.2, 0.25) is 0 Å². The van der Waals surface area contributed by atoms with Gasteiger partial charge in [-0.25, -0.2) is 0 Å². The Morgan fingerprint density at radius 1 is 0.767 bits per heavy atom. The molecular formula is C25H32ClF3Ge. The quantitative estimate of drug-likeness (QED) is 0.210. The molecular weight excluding hydrogens is 465 g/mol. The van der Waals surface area contributed by atoms with Crippen molar-refractivity contribution in [1.82, 2.24) is 0 Å². The first-order valence-electron chi connectivity index (χ1n) is 11.0. The van der Waals surface area contributed by atoms with Crippen molar-refractivity contribution in [3.8, 4) is 0 Å². The molecule has 0 aliphatic heterocycles. The molecule has 0 aliphatic carbocycles. The van der Waals surface area contributed by atoms with Gasteiger partial charge in [-0.3, -0.25) is 0 Å². The summed E-state index contributed by atoms with van der Waals surface area (Å²) in [4.78, 5) is 0. The molecule has 2 rings (SSSR count). The fourth-order valence-electron chi connectivity index (χ4n) is 3.79. The minimum atomic E-state index is -4.44. The van der Waals surface area contributed by atoms with Crippen LogP contribution in [0.3, 0.4) is 0 Å². The van der Waals surface area contributed by atoms with Crippen LogP contribution >= 0.6 is 10.0 Å². The molecule has 0 fully saturated rings. The second-order valence-corrected chi connectivity index (χ2v) is 17.0. The number of unbranched alkanes of at least 4 members (excludes halogenated alkanes) is 8. The van der Waals surface area contributed by atoms with Crippen molar-refractivity contribution in [2.75, 3.05) is 0 Å². The van der Waals surface area contributed by atoms with Crippen molar-refractivity contribution < 1.29 is 13.2 Å². The molecule has 0 bridgehead atoms. The summed E-state index contributed by atoms with van der Waals surface area (Å²) < 4.78 is 43.4. The minimum absolute atomic E-state index is 0.420. The standard InChI is InChI=1S/C25H32ClF3Ge/c1-2-3-4-5-6-7-8-9-16-21-24(25(27,28)29)30(26,22-17-12-10-13-18-22)23-19-14-11-15-20-23/h10-15,17-21H,2-9,16H2,1H3/b24-21+. The number of benzene rings is 2. The molecule has 0 N–H and O–H groups in total. The Labute approximate surface area is 186 Å². The molecule has 0 radical (unpaired) electrons. The molecule has 2 aromatic rings. The SMILES string of the molecule is CCCCCCCCCC/C=[C](\C(F)(F)F)[Ge]([Cl])([c]1ccccc1)[c]1ccccc1. The summed E-state index contributed by atoms with van der Waals surface area (Å²) in [5.41, 5.74) is 0. The summed E-state index contributed by atoms with van der Waals surface area (Å²) in [6.45, 7) is 2.19. The van der Waals surface area contributed by atoms with E-state index in [-0.39, 0.29) is 0 Å². The van der Waals surface area contributed by atoms with E-state index < -0.39 is 22.9 Å². The topological polar surface area (TPSA) is 0 Å². The monoisotopic (exact) mass is 498 g/mol. The van der Waals surface area contributed by atoms with Gasteiger partial charge in [-0.05, 0) is 0 Å². The summed E-state index contributed by atoms with van der Waals surface area (Å²) in [5, 5.41) is 0. The average molecular weight is 498 g/mol. The van der Waals surface area contributed by atoms with Crippen LogP contribution in [-0.4, -0.2) is 18.5 Å². The number of rotatable bonds is 12. The molecule has 0 heterocycles. The zero-order valence-electron chi connectivity index (χ0n) is 17.7. The third kappa shape index (κ3) is 7.19. The average Bonchev–Trinajstić information content (AvgIpc) is 2.75. The van der Waals surface area contributed by atoms with E-state index in [0.29, 0.717) is 15.2 Å². The first kappa shape index (κ1) is 25.1. The molecule has 30 heavy (non-hydrogen) atoms. The molecule has 164 valence electrons. The number of hydrogen-bond acceptors (Lipinski definition) is 0. The summed E-state index contributed by atoms with van der Waals surface area (Å²) in [6, 6.07) is 17.7. The van der Waals surface area contributed by atoms with E-state index >= 15 is 0 Å². The fraction of sp³-hybridized carbons (Fsp3) is 0.440. The van der Waals surface area contributed by atoms with Crippen LogP contribution in [0.5, 0.6) is 0 Å². The van der Waals surface area contributed by atoms with Crippen molar-refractivity contribution in [2.24, 2.45) is 0 Å². The fourth-order valence-corrected chi connectivity index (χ4v) is 12.5. The summed E-state index contributed by atoms with van der Waals surface area (Å²) >= 11 is -4.31. The van der Waals surface area contributed by atoms with E-state index in [1.165, 1.54) is 38.2 Å². The predicted octanol–water partition coefficient (Wildman–Crippen LogP) is 7.54. The van der Waals surface area contributed by atoms with Crippen LogP contribution in [0.15, 0.2) is 71.1 Å². The Hall–Kier alpha value is -1.20. The van der Waals surface area contributed by atoms with Crippen LogP contribution in [0.4, 0.5) is 13.2 Å². The van der Waals surface area contributed by atoms with E-state index in [9.17, 15) is 13.2 Å². The molecule has 0 atom stereocenters. The van der Waals surface area contributed by atoms with Gasteiger partial charge in [0.15, 0.2) is 0 Å². The van der Waals surface area contributed by atoms with Crippen LogP contribution < -0.4 is 8.79 Å². The molecule has 0 saturated carbocycles. The molecule has 2 aromatic carbocycles. The Kier molecular flexibility index (Phi) is 10.5. The predicted molar refractivity (Wildman–Crippen MR) is 125 cm³/mol.